The van der Waals surface area contributed by atoms with Crippen molar-refractivity contribution in [3.8, 4) is 5.75 Å². The van der Waals surface area contributed by atoms with Crippen LogP contribution < -0.4 is 10.6 Å². The molecule has 2 atom stereocenters. The average Bonchev–Trinajstić information content (AvgIpc) is 2.88. The number of nitrogens with one attached hydrogen (secondary N) is 2. The maximum Gasteiger partial charge on any atom is 0.408 e. The zero-order valence-electron chi connectivity index (χ0n) is 22.8. The van der Waals surface area contributed by atoms with E-state index in [0.717, 1.165) is 17.2 Å². The van der Waals surface area contributed by atoms with Crippen LogP contribution in [-0.2, 0) is 14.3 Å². The molecular formula is C30H37N3O6. The second kappa shape index (κ2) is 13.1. The molecule has 3 rings (SSSR count). The van der Waals surface area contributed by atoms with Gasteiger partial charge in [-0.3, -0.25) is 9.59 Å². The van der Waals surface area contributed by atoms with Crippen molar-refractivity contribution in [1.82, 2.24) is 10.2 Å². The van der Waals surface area contributed by atoms with Crippen LogP contribution >= 0.6 is 0 Å². The number of fused-ring (bicyclic) bond motifs is 1. The Morgan fingerprint density at radius 3 is 2.33 bits per heavy atom. The number of alkyl carbamates (subject to hydrolysis) is 1. The van der Waals surface area contributed by atoms with Gasteiger partial charge in [0.15, 0.2) is 0 Å². The lowest BCUT2D eigenvalue weighted by atomic mass is 10.0. The number of rotatable bonds is 10. The van der Waals surface area contributed by atoms with E-state index in [2.05, 4.69) is 10.6 Å². The number of unbranched alkanes of at least 4 members (excludes halogenated alkanes) is 1. The SMILES string of the molecule is CCCCN(C(=O)C(CO)NC(=O)OC(C)(C)C)C(C(=O)Nc1ccc2ccccc2c1)c1cccc(O)c1. The summed E-state index contributed by atoms with van der Waals surface area (Å²) in [5.74, 6) is -1.22. The maximum atomic E-state index is 13.8. The number of hydrogen-bond acceptors (Lipinski definition) is 6. The second-order valence-corrected chi connectivity index (χ2v) is 10.3. The third kappa shape index (κ3) is 8.19. The molecule has 39 heavy (non-hydrogen) atoms. The molecule has 0 aliphatic rings. The smallest absolute Gasteiger partial charge is 0.408 e. The number of amides is 3. The van der Waals surface area contributed by atoms with Crippen LogP contribution in [0.1, 0.15) is 52.1 Å². The summed E-state index contributed by atoms with van der Waals surface area (Å²) in [4.78, 5) is 41.3. The number of hydrogen-bond donors (Lipinski definition) is 4. The van der Waals surface area contributed by atoms with Crippen molar-refractivity contribution in [2.75, 3.05) is 18.5 Å². The number of carbonyl (C=O) groups excluding carboxylic acids is 3. The molecule has 0 saturated heterocycles. The molecule has 3 aromatic rings. The Morgan fingerprint density at radius 1 is 0.974 bits per heavy atom. The van der Waals surface area contributed by atoms with E-state index >= 15 is 0 Å². The molecule has 0 saturated carbocycles. The molecule has 0 bridgehead atoms. The van der Waals surface area contributed by atoms with Crippen LogP contribution in [0.4, 0.5) is 10.5 Å². The zero-order valence-corrected chi connectivity index (χ0v) is 22.8. The van der Waals surface area contributed by atoms with Crippen LogP contribution in [0.5, 0.6) is 5.75 Å². The quantitative estimate of drug-likeness (QED) is 0.297. The number of carbonyl (C=O) groups is 3. The Kier molecular flexibility index (Phi) is 9.89. The molecular weight excluding hydrogens is 498 g/mol. The predicted octanol–water partition coefficient (Wildman–Crippen LogP) is 4.74. The van der Waals surface area contributed by atoms with E-state index in [9.17, 15) is 24.6 Å². The summed E-state index contributed by atoms with van der Waals surface area (Å²) < 4.78 is 5.26. The fourth-order valence-electron chi connectivity index (χ4n) is 4.18. The van der Waals surface area contributed by atoms with E-state index in [-0.39, 0.29) is 12.3 Å². The standard InChI is InChI=1S/C30H37N3O6/c1-5-6-16-33(28(37)25(19-34)32-29(38)39-30(2,3)4)26(22-12-9-13-24(35)18-22)27(36)31-23-15-14-20-10-7-8-11-21(20)17-23/h7-15,17-18,25-26,34-35H,5-6,16,19H2,1-4H3,(H,31,36)(H,32,38). The number of nitrogens with zero attached hydrogens (tertiary/aromatic N) is 1. The highest BCUT2D eigenvalue weighted by Gasteiger charge is 2.36. The predicted molar refractivity (Wildman–Crippen MR) is 150 cm³/mol. The first kappa shape index (κ1) is 29.4. The van der Waals surface area contributed by atoms with E-state index in [0.29, 0.717) is 17.7 Å². The monoisotopic (exact) mass is 535 g/mol. The molecule has 208 valence electrons. The highest BCUT2D eigenvalue weighted by molar-refractivity contribution is 6.00. The number of benzene rings is 3. The van der Waals surface area contributed by atoms with Gasteiger partial charge in [-0.15, -0.1) is 0 Å². The molecule has 4 N–H and O–H groups in total. The minimum absolute atomic E-state index is 0.0653. The minimum atomic E-state index is -1.34. The number of anilines is 1. The van der Waals surface area contributed by atoms with Gasteiger partial charge in [0.05, 0.1) is 6.61 Å². The van der Waals surface area contributed by atoms with E-state index in [1.807, 2.05) is 43.3 Å². The first-order valence-electron chi connectivity index (χ1n) is 13.0. The van der Waals surface area contributed by atoms with Gasteiger partial charge in [0, 0.05) is 12.2 Å². The summed E-state index contributed by atoms with van der Waals surface area (Å²) in [6.07, 6.45) is 0.431. The van der Waals surface area contributed by atoms with E-state index in [1.54, 1.807) is 39.0 Å². The van der Waals surface area contributed by atoms with Gasteiger partial charge in [-0.05, 0) is 67.8 Å². The summed E-state index contributed by atoms with van der Waals surface area (Å²) in [5, 5.41) is 27.5. The fraction of sp³-hybridized carbons (Fsp3) is 0.367. The molecule has 0 radical (unpaired) electrons. The Hall–Kier alpha value is -4.11. The van der Waals surface area contributed by atoms with Gasteiger partial charge < -0.3 is 30.5 Å². The maximum absolute atomic E-state index is 13.8. The normalized spacial score (nSPS) is 12.8. The van der Waals surface area contributed by atoms with Crippen LogP contribution in [0, 0.1) is 0 Å². The summed E-state index contributed by atoms with van der Waals surface area (Å²) in [6.45, 7) is 6.48. The van der Waals surface area contributed by atoms with Crippen LogP contribution in [0.2, 0.25) is 0 Å². The van der Waals surface area contributed by atoms with Gasteiger partial charge in [0.25, 0.3) is 5.91 Å². The van der Waals surface area contributed by atoms with Crippen molar-refractivity contribution < 1.29 is 29.3 Å². The summed E-state index contributed by atoms with van der Waals surface area (Å²) in [5.41, 5.74) is 0.114. The van der Waals surface area contributed by atoms with E-state index in [1.165, 1.54) is 17.0 Å². The van der Waals surface area contributed by atoms with Gasteiger partial charge >= 0.3 is 6.09 Å². The lowest BCUT2D eigenvalue weighted by Gasteiger charge is -2.34. The minimum Gasteiger partial charge on any atom is -0.508 e. The molecule has 9 nitrogen and oxygen atoms in total. The number of phenolic OH excluding ortho intramolecular Hbond substituents is 1. The molecule has 0 aromatic heterocycles. The van der Waals surface area contributed by atoms with Gasteiger partial charge in [-0.1, -0.05) is 55.8 Å². The molecule has 0 aliphatic carbocycles. The van der Waals surface area contributed by atoms with Crippen molar-refractivity contribution in [3.63, 3.8) is 0 Å². The van der Waals surface area contributed by atoms with Gasteiger partial charge in [0.1, 0.15) is 23.4 Å². The molecule has 0 aliphatic heterocycles. The Bertz CT molecular complexity index is 1300. The molecule has 3 amide bonds. The molecule has 0 spiro atoms. The number of ether oxygens (including phenoxy) is 1. The third-order valence-corrected chi connectivity index (χ3v) is 5.97. The number of aromatic hydroxyl groups is 1. The van der Waals surface area contributed by atoms with Crippen molar-refractivity contribution in [2.45, 2.75) is 58.2 Å². The lowest BCUT2D eigenvalue weighted by Crippen LogP contribution is -2.54. The highest BCUT2D eigenvalue weighted by atomic mass is 16.6. The van der Waals surface area contributed by atoms with Crippen LogP contribution in [0.3, 0.4) is 0 Å². The number of aliphatic hydroxyl groups is 1. The van der Waals surface area contributed by atoms with Gasteiger partial charge in [-0.2, -0.15) is 0 Å². The Balaban J connectivity index is 1.98. The summed E-state index contributed by atoms with van der Waals surface area (Å²) in [6, 6.07) is 16.9. The second-order valence-electron chi connectivity index (χ2n) is 10.3. The first-order valence-corrected chi connectivity index (χ1v) is 13.0. The van der Waals surface area contributed by atoms with Crippen molar-refractivity contribution in [2.24, 2.45) is 0 Å². The molecule has 0 fully saturated rings. The molecule has 9 heteroatoms. The third-order valence-electron chi connectivity index (χ3n) is 5.97. The Morgan fingerprint density at radius 2 is 1.69 bits per heavy atom. The van der Waals surface area contributed by atoms with Crippen molar-refractivity contribution in [1.29, 1.82) is 0 Å². The fourth-order valence-corrected chi connectivity index (χ4v) is 4.18. The van der Waals surface area contributed by atoms with Crippen molar-refractivity contribution in [3.05, 3.63) is 72.3 Å². The van der Waals surface area contributed by atoms with E-state index in [4.69, 9.17) is 4.74 Å². The van der Waals surface area contributed by atoms with Crippen LogP contribution in [0.15, 0.2) is 66.7 Å². The van der Waals surface area contributed by atoms with E-state index < -0.39 is 42.2 Å². The number of aliphatic hydroxyl groups excluding tert-OH is 1. The lowest BCUT2D eigenvalue weighted by molar-refractivity contribution is -0.141. The summed E-state index contributed by atoms with van der Waals surface area (Å²) in [7, 11) is 0. The highest BCUT2D eigenvalue weighted by Crippen LogP contribution is 2.28. The molecule has 3 aromatic carbocycles. The first-order chi connectivity index (χ1) is 18.5. The topological polar surface area (TPSA) is 128 Å². The largest absolute Gasteiger partial charge is 0.508 e. The number of phenols is 1. The average molecular weight is 536 g/mol. The molecule has 0 heterocycles. The van der Waals surface area contributed by atoms with Crippen LogP contribution in [-0.4, -0.2) is 57.8 Å². The van der Waals surface area contributed by atoms with Crippen LogP contribution in [0.25, 0.3) is 10.8 Å². The molecule has 2 unspecified atom stereocenters. The van der Waals surface area contributed by atoms with Crippen molar-refractivity contribution >= 4 is 34.4 Å². The zero-order chi connectivity index (χ0) is 28.6. The van der Waals surface area contributed by atoms with Gasteiger partial charge in [0.2, 0.25) is 5.91 Å². The summed E-state index contributed by atoms with van der Waals surface area (Å²) >= 11 is 0. The van der Waals surface area contributed by atoms with Gasteiger partial charge in [-0.25, -0.2) is 4.79 Å². The Labute approximate surface area is 228 Å².